The number of aryl methyl sites for hydroxylation is 2. The van der Waals surface area contributed by atoms with Crippen LogP contribution in [0.4, 0.5) is 5.69 Å². The van der Waals surface area contributed by atoms with Crippen LogP contribution in [0.2, 0.25) is 0 Å². The zero-order chi connectivity index (χ0) is 10.7. The summed E-state index contributed by atoms with van der Waals surface area (Å²) in [4.78, 5) is 14.9. The van der Waals surface area contributed by atoms with Crippen LogP contribution in [0.15, 0.2) is 35.6 Å². The lowest BCUT2D eigenvalue weighted by atomic mass is 10.5. The smallest absolute Gasteiger partial charge is 0.347 e. The molecule has 0 aromatic carbocycles. The third-order valence-electron chi connectivity index (χ3n) is 2.01. The Morgan fingerprint density at radius 3 is 2.93 bits per heavy atom. The number of anilines is 1. The van der Waals surface area contributed by atoms with Gasteiger partial charge in [-0.2, -0.15) is 5.10 Å². The molecule has 2 aromatic rings. The molecule has 0 aliphatic rings. The SMILES string of the molecule is Nc1cnn(CCn2cccnc2=O)c1. The Kier molecular flexibility index (Phi) is 2.49. The maximum Gasteiger partial charge on any atom is 0.347 e. The van der Waals surface area contributed by atoms with Gasteiger partial charge in [0.05, 0.1) is 18.4 Å². The van der Waals surface area contributed by atoms with E-state index in [1.165, 1.54) is 10.8 Å². The van der Waals surface area contributed by atoms with E-state index in [2.05, 4.69) is 10.1 Å². The van der Waals surface area contributed by atoms with Crippen molar-refractivity contribution in [2.75, 3.05) is 5.73 Å². The first kappa shape index (κ1) is 9.45. The molecule has 78 valence electrons. The van der Waals surface area contributed by atoms with Crippen molar-refractivity contribution < 1.29 is 0 Å². The molecular weight excluding hydrogens is 194 g/mol. The van der Waals surface area contributed by atoms with Crippen LogP contribution in [-0.2, 0) is 13.1 Å². The quantitative estimate of drug-likeness (QED) is 0.747. The minimum absolute atomic E-state index is 0.252. The van der Waals surface area contributed by atoms with Crippen LogP contribution in [-0.4, -0.2) is 19.3 Å². The lowest BCUT2D eigenvalue weighted by molar-refractivity contribution is 0.517. The van der Waals surface area contributed by atoms with Gasteiger partial charge in [0.25, 0.3) is 0 Å². The summed E-state index contributed by atoms with van der Waals surface area (Å²) in [5.41, 5.74) is 5.88. The monoisotopic (exact) mass is 205 g/mol. The maximum atomic E-state index is 11.2. The second-order valence-corrected chi connectivity index (χ2v) is 3.13. The average Bonchev–Trinajstić information content (AvgIpc) is 2.63. The highest BCUT2D eigenvalue weighted by Crippen LogP contribution is 1.97. The molecule has 0 bridgehead atoms. The molecule has 15 heavy (non-hydrogen) atoms. The second kappa shape index (κ2) is 3.95. The Bertz CT molecular complexity index is 501. The molecule has 2 N–H and O–H groups in total. The maximum absolute atomic E-state index is 11.2. The standard InChI is InChI=1S/C9H11N5O/c10-8-6-12-14(7-8)5-4-13-3-1-2-11-9(13)15/h1-3,6-7H,4-5,10H2. The number of nitrogens with two attached hydrogens (primary N) is 1. The summed E-state index contributed by atoms with van der Waals surface area (Å²) >= 11 is 0. The van der Waals surface area contributed by atoms with Crippen LogP contribution in [0.25, 0.3) is 0 Å². The highest BCUT2D eigenvalue weighted by Gasteiger charge is 1.97. The Balaban J connectivity index is 2.05. The topological polar surface area (TPSA) is 78.7 Å². The summed E-state index contributed by atoms with van der Waals surface area (Å²) in [6.07, 6.45) is 6.47. The van der Waals surface area contributed by atoms with Gasteiger partial charge in [-0.1, -0.05) is 0 Å². The van der Waals surface area contributed by atoms with E-state index in [-0.39, 0.29) is 5.69 Å². The number of nitrogen functional groups attached to an aromatic ring is 1. The fraction of sp³-hybridized carbons (Fsp3) is 0.222. The van der Waals surface area contributed by atoms with Gasteiger partial charge in [-0.25, -0.2) is 9.78 Å². The summed E-state index contributed by atoms with van der Waals surface area (Å²) in [6.45, 7) is 1.14. The van der Waals surface area contributed by atoms with Gasteiger partial charge in [-0.15, -0.1) is 0 Å². The molecule has 0 unspecified atom stereocenters. The number of hydrogen-bond acceptors (Lipinski definition) is 4. The number of nitrogens with zero attached hydrogens (tertiary/aromatic N) is 4. The third-order valence-corrected chi connectivity index (χ3v) is 2.01. The molecule has 0 spiro atoms. The van der Waals surface area contributed by atoms with E-state index >= 15 is 0 Å². The minimum Gasteiger partial charge on any atom is -0.396 e. The van der Waals surface area contributed by atoms with E-state index in [0.717, 1.165) is 0 Å². The Labute approximate surface area is 86.0 Å². The molecule has 2 rings (SSSR count). The van der Waals surface area contributed by atoms with E-state index in [1.54, 1.807) is 29.3 Å². The van der Waals surface area contributed by atoms with Gasteiger partial charge in [-0.05, 0) is 6.07 Å². The molecule has 0 atom stereocenters. The van der Waals surface area contributed by atoms with Crippen molar-refractivity contribution in [2.45, 2.75) is 13.1 Å². The van der Waals surface area contributed by atoms with Gasteiger partial charge < -0.3 is 5.73 Å². The van der Waals surface area contributed by atoms with E-state index in [9.17, 15) is 4.79 Å². The number of aromatic nitrogens is 4. The van der Waals surface area contributed by atoms with Crippen molar-refractivity contribution >= 4 is 5.69 Å². The van der Waals surface area contributed by atoms with E-state index < -0.39 is 0 Å². The van der Waals surface area contributed by atoms with E-state index in [4.69, 9.17) is 5.73 Å². The highest BCUT2D eigenvalue weighted by molar-refractivity contribution is 5.30. The highest BCUT2D eigenvalue weighted by atomic mass is 16.1. The first-order valence-corrected chi connectivity index (χ1v) is 4.55. The summed E-state index contributed by atoms with van der Waals surface area (Å²) < 4.78 is 3.21. The zero-order valence-corrected chi connectivity index (χ0v) is 8.08. The molecule has 0 saturated carbocycles. The minimum atomic E-state index is -0.252. The second-order valence-electron chi connectivity index (χ2n) is 3.13. The molecule has 6 heteroatoms. The fourth-order valence-electron chi connectivity index (χ4n) is 1.27. The molecule has 2 heterocycles. The van der Waals surface area contributed by atoms with Crippen LogP contribution in [0.1, 0.15) is 0 Å². The predicted molar refractivity (Wildman–Crippen MR) is 55.1 cm³/mol. The molecule has 0 aliphatic heterocycles. The molecule has 0 fully saturated rings. The predicted octanol–water partition coefficient (Wildman–Crippen LogP) is -0.278. The largest absolute Gasteiger partial charge is 0.396 e. The van der Waals surface area contributed by atoms with Crippen molar-refractivity contribution in [3.8, 4) is 0 Å². The summed E-state index contributed by atoms with van der Waals surface area (Å²) in [5, 5.41) is 4.02. The normalized spacial score (nSPS) is 10.4. The molecule has 6 nitrogen and oxygen atoms in total. The first-order valence-electron chi connectivity index (χ1n) is 4.55. The third kappa shape index (κ3) is 2.22. The molecule has 0 saturated heterocycles. The fourth-order valence-corrected chi connectivity index (χ4v) is 1.27. The van der Waals surface area contributed by atoms with Gasteiger partial charge >= 0.3 is 5.69 Å². The molecule has 0 aliphatic carbocycles. The number of hydrogen-bond donors (Lipinski definition) is 1. The van der Waals surface area contributed by atoms with Gasteiger partial charge in [0.1, 0.15) is 0 Å². The van der Waals surface area contributed by atoms with Crippen molar-refractivity contribution in [3.63, 3.8) is 0 Å². The van der Waals surface area contributed by atoms with Gasteiger partial charge in [0, 0.05) is 25.1 Å². The van der Waals surface area contributed by atoms with Crippen molar-refractivity contribution in [2.24, 2.45) is 0 Å². The average molecular weight is 205 g/mol. The summed E-state index contributed by atoms with van der Waals surface area (Å²) in [6, 6.07) is 1.72. The van der Waals surface area contributed by atoms with Gasteiger partial charge in [-0.3, -0.25) is 9.25 Å². The molecule has 0 amide bonds. The van der Waals surface area contributed by atoms with E-state index in [0.29, 0.717) is 18.8 Å². The van der Waals surface area contributed by atoms with Crippen LogP contribution in [0.3, 0.4) is 0 Å². The number of rotatable bonds is 3. The van der Waals surface area contributed by atoms with Crippen molar-refractivity contribution in [1.82, 2.24) is 19.3 Å². The summed E-state index contributed by atoms with van der Waals surface area (Å²) in [5.74, 6) is 0. The first-order chi connectivity index (χ1) is 7.25. The Morgan fingerprint density at radius 2 is 2.27 bits per heavy atom. The van der Waals surface area contributed by atoms with Crippen molar-refractivity contribution in [1.29, 1.82) is 0 Å². The molecule has 0 radical (unpaired) electrons. The molecular formula is C9H11N5O. The Morgan fingerprint density at radius 1 is 1.40 bits per heavy atom. The lowest BCUT2D eigenvalue weighted by Gasteiger charge is -2.03. The van der Waals surface area contributed by atoms with Crippen LogP contribution >= 0.6 is 0 Å². The van der Waals surface area contributed by atoms with E-state index in [1.807, 2.05) is 0 Å². The van der Waals surface area contributed by atoms with Crippen molar-refractivity contribution in [3.05, 3.63) is 41.3 Å². The lowest BCUT2D eigenvalue weighted by Crippen LogP contribution is -2.23. The Hall–Kier alpha value is -2.11. The summed E-state index contributed by atoms with van der Waals surface area (Å²) in [7, 11) is 0. The van der Waals surface area contributed by atoms with Gasteiger partial charge in [0.2, 0.25) is 0 Å². The van der Waals surface area contributed by atoms with Crippen LogP contribution < -0.4 is 11.4 Å². The molecule has 2 aromatic heterocycles. The van der Waals surface area contributed by atoms with Crippen LogP contribution in [0, 0.1) is 0 Å². The van der Waals surface area contributed by atoms with Gasteiger partial charge in [0.15, 0.2) is 0 Å². The van der Waals surface area contributed by atoms with Crippen LogP contribution in [0.5, 0.6) is 0 Å². The zero-order valence-electron chi connectivity index (χ0n) is 8.08.